The Morgan fingerprint density at radius 3 is 2.80 bits per heavy atom. The van der Waals surface area contributed by atoms with E-state index < -0.39 is 11.8 Å². The molecule has 0 aliphatic carbocycles. The van der Waals surface area contributed by atoms with Gasteiger partial charge in [0.15, 0.2) is 0 Å². The van der Waals surface area contributed by atoms with E-state index in [1.54, 1.807) is 20.8 Å². The Hall–Kier alpha value is -1.26. The highest BCUT2D eigenvalue weighted by molar-refractivity contribution is 5.72. The van der Waals surface area contributed by atoms with Crippen LogP contribution in [0, 0.1) is 0 Å². The molecule has 0 saturated carbocycles. The number of ether oxygens (including phenoxy) is 3. The molecule has 0 N–H and O–H groups in total. The highest BCUT2D eigenvalue weighted by Gasteiger charge is 2.36. The van der Waals surface area contributed by atoms with Gasteiger partial charge >= 0.3 is 12.1 Å². The fraction of sp³-hybridized carbons (Fsp3) is 0.800. The van der Waals surface area contributed by atoms with E-state index >= 15 is 0 Å². The first-order valence-electron chi connectivity index (χ1n) is 4.96. The van der Waals surface area contributed by atoms with E-state index in [0.717, 1.165) is 0 Å². The number of cyclic esters (lactones) is 2. The highest BCUT2D eigenvalue weighted by Crippen LogP contribution is 2.25. The van der Waals surface area contributed by atoms with Gasteiger partial charge in [-0.3, -0.25) is 4.79 Å². The molecule has 0 amide bonds. The van der Waals surface area contributed by atoms with Gasteiger partial charge in [-0.05, 0) is 20.8 Å². The van der Waals surface area contributed by atoms with Crippen LogP contribution in [0.25, 0.3) is 0 Å². The number of carbonyl (C=O) groups excluding carboxylic acids is 2. The van der Waals surface area contributed by atoms with Gasteiger partial charge in [0.2, 0.25) is 0 Å². The predicted molar refractivity (Wildman–Crippen MR) is 51.3 cm³/mol. The van der Waals surface area contributed by atoms with Gasteiger partial charge in [0.05, 0.1) is 19.1 Å². The Morgan fingerprint density at radius 1 is 1.60 bits per heavy atom. The summed E-state index contributed by atoms with van der Waals surface area (Å²) < 4.78 is 14.6. The van der Waals surface area contributed by atoms with Gasteiger partial charge in [0, 0.05) is 6.42 Å². The van der Waals surface area contributed by atoms with Crippen molar-refractivity contribution in [2.75, 3.05) is 6.61 Å². The number of carbonyl (C=O) groups is 2. The summed E-state index contributed by atoms with van der Waals surface area (Å²) in [7, 11) is 0. The van der Waals surface area contributed by atoms with Crippen LogP contribution in [-0.2, 0) is 19.0 Å². The van der Waals surface area contributed by atoms with E-state index in [1.165, 1.54) is 0 Å². The second-order valence-electron chi connectivity index (χ2n) is 4.12. The van der Waals surface area contributed by atoms with Crippen LogP contribution in [0.5, 0.6) is 0 Å². The van der Waals surface area contributed by atoms with Crippen LogP contribution in [0.2, 0.25) is 0 Å². The Bertz CT molecular complexity index is 261. The van der Waals surface area contributed by atoms with Crippen molar-refractivity contribution in [3.05, 3.63) is 0 Å². The second-order valence-corrected chi connectivity index (χ2v) is 4.12. The summed E-state index contributed by atoms with van der Waals surface area (Å²) in [5.74, 6) is -0.359. The zero-order valence-corrected chi connectivity index (χ0v) is 9.24. The van der Waals surface area contributed by atoms with Crippen molar-refractivity contribution in [3.63, 3.8) is 0 Å². The Morgan fingerprint density at radius 2 is 2.27 bits per heavy atom. The van der Waals surface area contributed by atoms with Gasteiger partial charge < -0.3 is 14.2 Å². The average Bonchev–Trinajstić information content (AvgIpc) is 1.99. The van der Waals surface area contributed by atoms with Crippen molar-refractivity contribution in [3.8, 4) is 0 Å². The second kappa shape index (κ2) is 4.51. The number of esters is 1. The molecule has 15 heavy (non-hydrogen) atoms. The lowest BCUT2D eigenvalue weighted by Crippen LogP contribution is -2.40. The van der Waals surface area contributed by atoms with Gasteiger partial charge in [-0.1, -0.05) is 0 Å². The minimum atomic E-state index is -0.790. The first-order chi connectivity index (χ1) is 6.91. The fourth-order valence-corrected chi connectivity index (χ4v) is 1.37. The van der Waals surface area contributed by atoms with Crippen LogP contribution >= 0.6 is 0 Å². The molecule has 1 fully saturated rings. The normalized spacial score (nSPS) is 25.7. The molecule has 0 aromatic rings. The molecule has 0 bridgehead atoms. The monoisotopic (exact) mass is 216 g/mol. The maximum Gasteiger partial charge on any atom is 0.508 e. The van der Waals surface area contributed by atoms with Crippen molar-refractivity contribution in [1.29, 1.82) is 0 Å². The van der Waals surface area contributed by atoms with Crippen LogP contribution in [-0.4, -0.2) is 30.4 Å². The summed E-state index contributed by atoms with van der Waals surface area (Å²) in [5, 5.41) is 0. The maximum atomic E-state index is 11.4. The zero-order valence-electron chi connectivity index (χ0n) is 9.24. The van der Waals surface area contributed by atoms with Crippen LogP contribution < -0.4 is 0 Å². The smallest absolute Gasteiger partial charge is 0.463 e. The molecule has 1 unspecified atom stereocenters. The maximum absolute atomic E-state index is 11.4. The summed E-state index contributed by atoms with van der Waals surface area (Å²) in [6, 6.07) is 0. The van der Waals surface area contributed by atoms with Crippen molar-refractivity contribution >= 4 is 12.1 Å². The zero-order chi connectivity index (χ0) is 11.5. The summed E-state index contributed by atoms with van der Waals surface area (Å²) in [6.45, 7) is 5.53. The van der Waals surface area contributed by atoms with E-state index in [0.29, 0.717) is 6.42 Å². The van der Waals surface area contributed by atoms with Gasteiger partial charge in [0.1, 0.15) is 5.60 Å². The quantitative estimate of drug-likeness (QED) is 0.671. The molecule has 5 heteroatoms. The average molecular weight is 216 g/mol. The lowest BCUT2D eigenvalue weighted by molar-refractivity contribution is -0.156. The third-order valence-electron chi connectivity index (χ3n) is 2.07. The first kappa shape index (κ1) is 11.8. The summed E-state index contributed by atoms with van der Waals surface area (Å²) in [6.07, 6.45) is -0.301. The molecule has 0 spiro atoms. The van der Waals surface area contributed by atoms with Gasteiger partial charge in [-0.15, -0.1) is 0 Å². The largest absolute Gasteiger partial charge is 0.508 e. The molecule has 1 aliphatic heterocycles. The van der Waals surface area contributed by atoms with Gasteiger partial charge in [0.25, 0.3) is 0 Å². The molecule has 1 atom stereocenters. The topological polar surface area (TPSA) is 61.8 Å². The Kier molecular flexibility index (Phi) is 3.55. The number of hydrogen-bond acceptors (Lipinski definition) is 5. The number of hydrogen-bond donors (Lipinski definition) is 0. The van der Waals surface area contributed by atoms with Crippen LogP contribution in [0.15, 0.2) is 0 Å². The molecule has 0 aromatic carbocycles. The van der Waals surface area contributed by atoms with E-state index in [4.69, 9.17) is 9.47 Å². The highest BCUT2D eigenvalue weighted by atomic mass is 16.7. The molecular formula is C10H16O5. The van der Waals surface area contributed by atoms with Crippen LogP contribution in [0.1, 0.15) is 33.6 Å². The minimum absolute atomic E-state index is 0.0697. The van der Waals surface area contributed by atoms with E-state index in [-0.39, 0.29) is 25.1 Å². The molecule has 1 heterocycles. The third kappa shape index (κ3) is 3.77. The molecule has 1 rings (SSSR count). The lowest BCUT2D eigenvalue weighted by atomic mass is 9.98. The van der Waals surface area contributed by atoms with Crippen LogP contribution in [0.3, 0.4) is 0 Å². The summed E-state index contributed by atoms with van der Waals surface area (Å²) in [5.41, 5.74) is -0.790. The molecule has 0 aromatic heterocycles. The molecule has 5 nitrogen and oxygen atoms in total. The Labute approximate surface area is 88.7 Å². The predicted octanol–water partition coefficient (Wildman–Crippen LogP) is 1.64. The van der Waals surface area contributed by atoms with Crippen LogP contribution in [0.4, 0.5) is 4.79 Å². The van der Waals surface area contributed by atoms with Crippen molar-refractivity contribution in [2.45, 2.75) is 45.3 Å². The van der Waals surface area contributed by atoms with Gasteiger partial charge in [-0.25, -0.2) is 4.79 Å². The SMILES string of the molecule is CC(C)OC(=O)CC1(C)CCOC(=O)O1. The summed E-state index contributed by atoms with van der Waals surface area (Å²) >= 11 is 0. The third-order valence-corrected chi connectivity index (χ3v) is 2.07. The van der Waals surface area contributed by atoms with Crippen molar-refractivity contribution in [1.82, 2.24) is 0 Å². The van der Waals surface area contributed by atoms with Crippen molar-refractivity contribution in [2.24, 2.45) is 0 Å². The minimum Gasteiger partial charge on any atom is -0.463 e. The lowest BCUT2D eigenvalue weighted by Gasteiger charge is -2.31. The Balaban J connectivity index is 2.48. The number of rotatable bonds is 3. The first-order valence-corrected chi connectivity index (χ1v) is 4.96. The molecular weight excluding hydrogens is 200 g/mol. The molecule has 86 valence electrons. The summed E-state index contributed by atoms with van der Waals surface area (Å²) in [4.78, 5) is 22.3. The molecule has 0 radical (unpaired) electrons. The van der Waals surface area contributed by atoms with E-state index in [9.17, 15) is 9.59 Å². The standard InChI is InChI=1S/C10H16O5/c1-7(2)14-8(11)6-10(3)4-5-13-9(12)15-10/h7H,4-6H2,1-3H3. The van der Waals surface area contributed by atoms with E-state index in [1.807, 2.05) is 0 Å². The molecule has 1 aliphatic rings. The van der Waals surface area contributed by atoms with E-state index in [2.05, 4.69) is 4.74 Å². The van der Waals surface area contributed by atoms with Crippen molar-refractivity contribution < 1.29 is 23.8 Å². The molecule has 1 saturated heterocycles. The van der Waals surface area contributed by atoms with Gasteiger partial charge in [-0.2, -0.15) is 0 Å². The fourth-order valence-electron chi connectivity index (χ4n) is 1.37.